The zero-order valence-electron chi connectivity index (χ0n) is 29.1. The van der Waals surface area contributed by atoms with Gasteiger partial charge in [0.1, 0.15) is 0 Å². The summed E-state index contributed by atoms with van der Waals surface area (Å²) >= 11 is 0. The minimum Gasteiger partial charge on any atom is -0.0654 e. The normalized spacial score (nSPS) is 54.4. The van der Waals surface area contributed by atoms with Crippen LogP contribution < -0.4 is 0 Å². The van der Waals surface area contributed by atoms with Crippen LogP contribution in [0.3, 0.4) is 0 Å². The minimum absolute atomic E-state index is 0.447. The van der Waals surface area contributed by atoms with Gasteiger partial charge in [-0.25, -0.2) is 0 Å². The molecule has 0 aromatic heterocycles. The van der Waals surface area contributed by atoms with Gasteiger partial charge in [0.15, 0.2) is 0 Å². The Balaban J connectivity index is 1.72. The molecule has 4 aliphatic rings. The third-order valence-electron chi connectivity index (χ3n) is 16.1. The van der Waals surface area contributed by atoms with Crippen molar-refractivity contribution < 1.29 is 0 Å². The van der Waals surface area contributed by atoms with Crippen LogP contribution in [0.2, 0.25) is 0 Å². The first kappa shape index (κ1) is 31.9. The van der Waals surface area contributed by atoms with E-state index in [0.29, 0.717) is 16.2 Å². The molecule has 4 rings (SSSR count). The third kappa shape index (κ3) is 4.73. The van der Waals surface area contributed by atoms with Crippen molar-refractivity contribution in [3.63, 3.8) is 0 Å². The van der Waals surface area contributed by atoms with E-state index in [-0.39, 0.29) is 0 Å². The van der Waals surface area contributed by atoms with Gasteiger partial charge in [-0.15, -0.1) is 0 Å². The molecule has 0 radical (unpaired) electrons. The Hall–Kier alpha value is 0. The highest BCUT2D eigenvalue weighted by Crippen LogP contribution is 2.76. The van der Waals surface area contributed by atoms with E-state index in [1.807, 2.05) is 0 Å². The van der Waals surface area contributed by atoms with Gasteiger partial charge in [-0.05, 0) is 119 Å². The van der Waals surface area contributed by atoms with Crippen molar-refractivity contribution in [1.82, 2.24) is 0 Å². The summed E-state index contributed by atoms with van der Waals surface area (Å²) in [6.45, 7) is 34.6. The molecule has 4 fully saturated rings. The Bertz CT molecular complexity index is 813. The monoisotopic (exact) mass is 541 g/mol. The van der Waals surface area contributed by atoms with E-state index in [9.17, 15) is 0 Å². The molecule has 228 valence electrons. The average Bonchev–Trinajstić information content (AvgIpc) is 2.87. The summed E-state index contributed by atoms with van der Waals surface area (Å²) in [6.07, 6.45) is 14.4. The molecular weight excluding hydrogens is 468 g/mol. The van der Waals surface area contributed by atoms with E-state index < -0.39 is 0 Å². The Morgan fingerprint density at radius 1 is 0.769 bits per heavy atom. The molecule has 0 heteroatoms. The summed E-state index contributed by atoms with van der Waals surface area (Å²) in [7, 11) is 0. The summed E-state index contributed by atoms with van der Waals surface area (Å²) in [6, 6.07) is 0. The minimum atomic E-state index is 0.447. The Kier molecular flexibility index (Phi) is 9.49. The van der Waals surface area contributed by atoms with E-state index in [1.165, 1.54) is 64.2 Å². The predicted octanol–water partition coefficient (Wildman–Crippen LogP) is 12.2. The fourth-order valence-corrected chi connectivity index (χ4v) is 14.4. The van der Waals surface area contributed by atoms with Crippen LogP contribution in [0.4, 0.5) is 0 Å². The van der Waals surface area contributed by atoms with Crippen LogP contribution in [0.15, 0.2) is 0 Å². The van der Waals surface area contributed by atoms with Gasteiger partial charge in [0, 0.05) is 0 Å². The summed E-state index contributed by atoms with van der Waals surface area (Å²) in [5.41, 5.74) is 1.42. The van der Waals surface area contributed by atoms with Crippen molar-refractivity contribution in [2.45, 2.75) is 154 Å². The van der Waals surface area contributed by atoms with Crippen molar-refractivity contribution in [3.8, 4) is 0 Å². The second kappa shape index (κ2) is 11.6. The summed E-state index contributed by atoms with van der Waals surface area (Å²) in [5, 5.41) is 0. The SMILES string of the molecule is CCCCC(C)CC1CC(CC)C2CC3(C)CC4(C)C(CC)C(C)C(CC)C(C)C4(C)C(C)C3C(C)C2C1C. The molecule has 0 amide bonds. The van der Waals surface area contributed by atoms with E-state index in [0.717, 1.165) is 76.9 Å². The first-order valence-corrected chi connectivity index (χ1v) is 18.3. The van der Waals surface area contributed by atoms with Crippen molar-refractivity contribution >= 4 is 0 Å². The fraction of sp³-hybridized carbons (Fsp3) is 1.00. The number of fused-ring (bicyclic) bond motifs is 3. The molecule has 0 heterocycles. The first-order chi connectivity index (χ1) is 18.3. The lowest BCUT2D eigenvalue weighted by molar-refractivity contribution is -0.268. The van der Waals surface area contributed by atoms with Crippen molar-refractivity contribution in [2.24, 2.45) is 93.2 Å². The van der Waals surface area contributed by atoms with Crippen molar-refractivity contribution in [3.05, 3.63) is 0 Å². The van der Waals surface area contributed by atoms with Crippen LogP contribution in [0.25, 0.3) is 0 Å². The zero-order chi connectivity index (χ0) is 29.1. The van der Waals surface area contributed by atoms with E-state index in [2.05, 4.69) is 90.0 Å². The smallest absolute Gasteiger partial charge is 0.0212 e. The molecule has 0 N–H and O–H groups in total. The number of rotatable bonds is 8. The lowest BCUT2D eigenvalue weighted by Gasteiger charge is -2.75. The largest absolute Gasteiger partial charge is 0.0654 e. The van der Waals surface area contributed by atoms with Crippen LogP contribution in [0, 0.1) is 93.2 Å². The summed E-state index contributed by atoms with van der Waals surface area (Å²) < 4.78 is 0. The summed E-state index contributed by atoms with van der Waals surface area (Å²) in [4.78, 5) is 0. The van der Waals surface area contributed by atoms with Crippen LogP contribution >= 0.6 is 0 Å². The molecule has 4 saturated carbocycles. The predicted molar refractivity (Wildman–Crippen MR) is 173 cm³/mol. The molecule has 0 saturated heterocycles. The summed E-state index contributed by atoms with van der Waals surface area (Å²) in [5.74, 6) is 11.7. The number of hydrogen-bond acceptors (Lipinski definition) is 0. The van der Waals surface area contributed by atoms with Gasteiger partial charge in [-0.3, -0.25) is 0 Å². The van der Waals surface area contributed by atoms with Crippen LogP contribution in [0.5, 0.6) is 0 Å². The molecule has 0 nitrogen and oxygen atoms in total. The lowest BCUT2D eigenvalue weighted by Crippen LogP contribution is -2.69. The third-order valence-corrected chi connectivity index (χ3v) is 16.1. The molecule has 39 heavy (non-hydrogen) atoms. The van der Waals surface area contributed by atoms with Gasteiger partial charge in [0.2, 0.25) is 0 Å². The molecule has 0 spiro atoms. The van der Waals surface area contributed by atoms with E-state index in [1.54, 1.807) is 0 Å². The molecule has 0 bridgehead atoms. The lowest BCUT2D eigenvalue weighted by atomic mass is 9.30. The molecule has 0 aromatic rings. The van der Waals surface area contributed by atoms with Crippen LogP contribution in [-0.4, -0.2) is 0 Å². The van der Waals surface area contributed by atoms with E-state index in [4.69, 9.17) is 0 Å². The molecule has 16 unspecified atom stereocenters. The Morgan fingerprint density at radius 3 is 2.00 bits per heavy atom. The number of hydrogen-bond donors (Lipinski definition) is 0. The average molecular weight is 541 g/mol. The van der Waals surface area contributed by atoms with Gasteiger partial charge >= 0.3 is 0 Å². The topological polar surface area (TPSA) is 0 Å². The maximum absolute atomic E-state index is 2.82. The van der Waals surface area contributed by atoms with Gasteiger partial charge in [0.25, 0.3) is 0 Å². The van der Waals surface area contributed by atoms with Crippen molar-refractivity contribution in [2.75, 3.05) is 0 Å². The molecule has 0 aromatic carbocycles. The zero-order valence-corrected chi connectivity index (χ0v) is 29.1. The molecule has 0 aliphatic heterocycles. The highest BCUT2D eigenvalue weighted by molar-refractivity contribution is 5.18. The first-order valence-electron chi connectivity index (χ1n) is 18.3. The van der Waals surface area contributed by atoms with Gasteiger partial charge in [-0.1, -0.05) is 129 Å². The van der Waals surface area contributed by atoms with Gasteiger partial charge < -0.3 is 0 Å². The molecule has 4 aliphatic carbocycles. The van der Waals surface area contributed by atoms with Crippen LogP contribution in [0.1, 0.15) is 154 Å². The highest BCUT2D eigenvalue weighted by atomic mass is 14.7. The van der Waals surface area contributed by atoms with Crippen LogP contribution in [-0.2, 0) is 0 Å². The maximum atomic E-state index is 2.82. The van der Waals surface area contributed by atoms with Crippen molar-refractivity contribution in [1.29, 1.82) is 0 Å². The Morgan fingerprint density at radius 2 is 1.44 bits per heavy atom. The fourth-order valence-electron chi connectivity index (χ4n) is 14.4. The number of unbranched alkanes of at least 4 members (excludes halogenated alkanes) is 1. The molecular formula is C39H72. The second-order valence-electron chi connectivity index (χ2n) is 17.4. The van der Waals surface area contributed by atoms with E-state index >= 15 is 0 Å². The highest BCUT2D eigenvalue weighted by Gasteiger charge is 2.70. The second-order valence-corrected chi connectivity index (χ2v) is 17.4. The quantitative estimate of drug-likeness (QED) is 0.287. The molecule has 16 atom stereocenters. The van der Waals surface area contributed by atoms with Gasteiger partial charge in [-0.2, -0.15) is 0 Å². The Labute approximate surface area is 247 Å². The standard InChI is InChI=1S/C39H72/c1-14-18-19-24(5)20-31-21-30(15-2)33-22-37(11)23-38(12)34(17-4)26(7)32(16-3)28(9)39(38,13)29(10)36(37)27(8)35(33)25(31)6/h24-36H,14-23H2,1-13H3. The maximum Gasteiger partial charge on any atom is -0.0212 e. The van der Waals surface area contributed by atoms with Gasteiger partial charge in [0.05, 0.1) is 0 Å².